The number of benzene rings is 1. The van der Waals surface area contributed by atoms with Crippen LogP contribution in [0.3, 0.4) is 0 Å². The molecular formula is C15H18. The predicted octanol–water partition coefficient (Wildman–Crippen LogP) is 4.04. The molecule has 1 aromatic carbocycles. The monoisotopic (exact) mass is 198 g/mol. The van der Waals surface area contributed by atoms with Gasteiger partial charge in [0.1, 0.15) is 0 Å². The lowest BCUT2D eigenvalue weighted by molar-refractivity contribution is 1.04. The number of rotatable bonds is 2. The number of allylic oxidation sites excluding steroid dienone is 4. The molecule has 0 heteroatoms. The maximum atomic E-state index is 2.25. The van der Waals surface area contributed by atoms with Gasteiger partial charge in [-0.05, 0) is 55.9 Å². The van der Waals surface area contributed by atoms with Gasteiger partial charge < -0.3 is 0 Å². The smallest absolute Gasteiger partial charge is 0.00555 e. The Labute approximate surface area is 92.3 Å². The molecule has 0 N–H and O–H groups in total. The van der Waals surface area contributed by atoms with E-state index in [1.54, 1.807) is 0 Å². The summed E-state index contributed by atoms with van der Waals surface area (Å²) in [4.78, 5) is 0. The largest absolute Gasteiger partial charge is 0.0804 e. The topological polar surface area (TPSA) is 0 Å². The van der Waals surface area contributed by atoms with Crippen LogP contribution in [0.1, 0.15) is 28.7 Å². The SMILES string of the molecule is Cc1ccc(C)c(CC2=CC=CC2)c1C. The number of hydrogen-bond donors (Lipinski definition) is 0. The highest BCUT2D eigenvalue weighted by molar-refractivity contribution is 5.42. The molecule has 0 amide bonds. The van der Waals surface area contributed by atoms with E-state index in [0.29, 0.717) is 0 Å². The quantitative estimate of drug-likeness (QED) is 0.672. The summed E-state index contributed by atoms with van der Waals surface area (Å²) < 4.78 is 0. The molecule has 0 aromatic heterocycles. The van der Waals surface area contributed by atoms with Gasteiger partial charge in [0, 0.05) is 0 Å². The minimum atomic E-state index is 1.12. The van der Waals surface area contributed by atoms with E-state index < -0.39 is 0 Å². The first-order valence-electron chi connectivity index (χ1n) is 5.58. The van der Waals surface area contributed by atoms with Crippen LogP contribution in [-0.2, 0) is 6.42 Å². The maximum absolute atomic E-state index is 2.25. The summed E-state index contributed by atoms with van der Waals surface area (Å²) in [7, 11) is 0. The molecule has 1 aliphatic rings. The summed E-state index contributed by atoms with van der Waals surface area (Å²) in [5, 5.41) is 0. The third kappa shape index (κ3) is 2.04. The van der Waals surface area contributed by atoms with E-state index in [0.717, 1.165) is 12.8 Å². The average Bonchev–Trinajstić information content (AvgIpc) is 2.71. The average molecular weight is 198 g/mol. The van der Waals surface area contributed by atoms with Crippen molar-refractivity contribution < 1.29 is 0 Å². The van der Waals surface area contributed by atoms with Gasteiger partial charge in [-0.3, -0.25) is 0 Å². The first-order chi connectivity index (χ1) is 7.18. The van der Waals surface area contributed by atoms with E-state index in [2.05, 4.69) is 51.1 Å². The van der Waals surface area contributed by atoms with Crippen molar-refractivity contribution in [3.8, 4) is 0 Å². The van der Waals surface area contributed by atoms with E-state index in [9.17, 15) is 0 Å². The zero-order chi connectivity index (χ0) is 10.8. The van der Waals surface area contributed by atoms with E-state index in [1.807, 2.05) is 0 Å². The maximum Gasteiger partial charge on any atom is -0.00555 e. The molecule has 0 spiro atoms. The lowest BCUT2D eigenvalue weighted by Gasteiger charge is -2.12. The Morgan fingerprint density at radius 2 is 1.80 bits per heavy atom. The summed E-state index contributed by atoms with van der Waals surface area (Å²) in [5.74, 6) is 0. The normalized spacial score (nSPS) is 14.5. The van der Waals surface area contributed by atoms with Crippen LogP contribution in [-0.4, -0.2) is 0 Å². The van der Waals surface area contributed by atoms with Crippen LogP contribution in [0.25, 0.3) is 0 Å². The zero-order valence-electron chi connectivity index (χ0n) is 9.80. The van der Waals surface area contributed by atoms with E-state index in [1.165, 1.54) is 27.8 Å². The fraction of sp³-hybridized carbons (Fsp3) is 0.333. The Morgan fingerprint density at radius 3 is 2.47 bits per heavy atom. The second-order valence-electron chi connectivity index (χ2n) is 4.44. The van der Waals surface area contributed by atoms with Gasteiger partial charge in [0.05, 0.1) is 0 Å². The molecule has 0 fully saturated rings. The van der Waals surface area contributed by atoms with Crippen molar-refractivity contribution in [2.45, 2.75) is 33.6 Å². The van der Waals surface area contributed by atoms with Gasteiger partial charge >= 0.3 is 0 Å². The summed E-state index contributed by atoms with van der Waals surface area (Å²) >= 11 is 0. The Kier molecular flexibility index (Phi) is 2.77. The van der Waals surface area contributed by atoms with Crippen LogP contribution in [0.15, 0.2) is 35.9 Å². The van der Waals surface area contributed by atoms with Crippen molar-refractivity contribution in [1.29, 1.82) is 0 Å². The Morgan fingerprint density at radius 1 is 1.07 bits per heavy atom. The van der Waals surface area contributed by atoms with Crippen LogP contribution in [0.2, 0.25) is 0 Å². The molecule has 78 valence electrons. The van der Waals surface area contributed by atoms with E-state index in [-0.39, 0.29) is 0 Å². The third-order valence-electron chi connectivity index (χ3n) is 3.36. The summed E-state index contributed by atoms with van der Waals surface area (Å²) in [6.07, 6.45) is 8.89. The summed E-state index contributed by atoms with van der Waals surface area (Å²) in [6, 6.07) is 4.45. The Balaban J connectivity index is 2.31. The van der Waals surface area contributed by atoms with Gasteiger partial charge in [-0.15, -0.1) is 0 Å². The van der Waals surface area contributed by atoms with Gasteiger partial charge in [-0.2, -0.15) is 0 Å². The van der Waals surface area contributed by atoms with E-state index >= 15 is 0 Å². The first-order valence-corrected chi connectivity index (χ1v) is 5.58. The molecule has 0 bridgehead atoms. The molecule has 0 aliphatic heterocycles. The highest BCUT2D eigenvalue weighted by Gasteiger charge is 2.08. The minimum absolute atomic E-state index is 1.12. The zero-order valence-corrected chi connectivity index (χ0v) is 9.80. The van der Waals surface area contributed by atoms with Crippen LogP contribution in [0.5, 0.6) is 0 Å². The fourth-order valence-electron chi connectivity index (χ4n) is 2.13. The van der Waals surface area contributed by atoms with Crippen LogP contribution in [0.4, 0.5) is 0 Å². The molecule has 2 rings (SSSR count). The first kappa shape index (κ1) is 10.2. The molecule has 0 saturated heterocycles. The van der Waals surface area contributed by atoms with Gasteiger partial charge in [-0.1, -0.05) is 35.9 Å². The van der Waals surface area contributed by atoms with Gasteiger partial charge in [0.15, 0.2) is 0 Å². The van der Waals surface area contributed by atoms with Crippen LogP contribution < -0.4 is 0 Å². The van der Waals surface area contributed by atoms with Crippen LogP contribution in [0, 0.1) is 20.8 Å². The van der Waals surface area contributed by atoms with Gasteiger partial charge in [-0.25, -0.2) is 0 Å². The number of aryl methyl sites for hydroxylation is 2. The van der Waals surface area contributed by atoms with E-state index in [4.69, 9.17) is 0 Å². The summed E-state index contributed by atoms with van der Waals surface area (Å²) in [6.45, 7) is 6.64. The number of hydrogen-bond acceptors (Lipinski definition) is 0. The lowest BCUT2D eigenvalue weighted by atomic mass is 9.93. The molecule has 0 saturated carbocycles. The van der Waals surface area contributed by atoms with Crippen LogP contribution >= 0.6 is 0 Å². The van der Waals surface area contributed by atoms with Crippen molar-refractivity contribution in [3.63, 3.8) is 0 Å². The second-order valence-corrected chi connectivity index (χ2v) is 4.44. The Bertz CT molecular complexity index is 434. The van der Waals surface area contributed by atoms with Crippen molar-refractivity contribution in [1.82, 2.24) is 0 Å². The highest BCUT2D eigenvalue weighted by Crippen LogP contribution is 2.23. The molecule has 15 heavy (non-hydrogen) atoms. The second kappa shape index (κ2) is 4.06. The molecule has 1 aliphatic carbocycles. The third-order valence-corrected chi connectivity index (χ3v) is 3.36. The standard InChI is InChI=1S/C15H18/c1-11-8-9-12(2)15(13(11)3)10-14-6-4-5-7-14/h4-6,8-9H,7,10H2,1-3H3. The highest BCUT2D eigenvalue weighted by atomic mass is 14.1. The molecule has 1 aromatic rings. The molecular weight excluding hydrogens is 180 g/mol. The molecule has 0 heterocycles. The molecule has 0 radical (unpaired) electrons. The van der Waals surface area contributed by atoms with Crippen molar-refractivity contribution >= 4 is 0 Å². The lowest BCUT2D eigenvalue weighted by Crippen LogP contribution is -1.98. The fourth-order valence-corrected chi connectivity index (χ4v) is 2.13. The van der Waals surface area contributed by atoms with Gasteiger partial charge in [0.2, 0.25) is 0 Å². The van der Waals surface area contributed by atoms with Crippen molar-refractivity contribution in [2.75, 3.05) is 0 Å². The van der Waals surface area contributed by atoms with Gasteiger partial charge in [0.25, 0.3) is 0 Å². The molecule has 0 nitrogen and oxygen atoms in total. The summed E-state index contributed by atoms with van der Waals surface area (Å²) in [5.41, 5.74) is 7.34. The molecule has 0 unspecified atom stereocenters. The Hall–Kier alpha value is -1.30. The minimum Gasteiger partial charge on any atom is -0.0804 e. The molecule has 0 atom stereocenters. The predicted molar refractivity (Wildman–Crippen MR) is 66.2 cm³/mol. The van der Waals surface area contributed by atoms with Crippen molar-refractivity contribution in [2.24, 2.45) is 0 Å². The van der Waals surface area contributed by atoms with Crippen molar-refractivity contribution in [3.05, 3.63) is 58.2 Å².